The molecule has 1 rings (SSSR count). The number of hydrogen-bond acceptors (Lipinski definition) is 1. The van der Waals surface area contributed by atoms with E-state index in [-0.39, 0.29) is 0 Å². The minimum Gasteiger partial charge on any atom is -0.302 e. The maximum absolute atomic E-state index is 10.7. The summed E-state index contributed by atoms with van der Waals surface area (Å²) in [6.45, 7) is 5.89. The first kappa shape index (κ1) is 9.42. The second-order valence-electron chi connectivity index (χ2n) is 2.93. The van der Waals surface area contributed by atoms with Crippen LogP contribution in [0.3, 0.4) is 0 Å². The third-order valence-corrected chi connectivity index (χ3v) is 2.74. The van der Waals surface area contributed by atoms with Gasteiger partial charge in [0.25, 0.3) is 0 Å². The van der Waals surface area contributed by atoms with Gasteiger partial charge in [0.05, 0.1) is 4.90 Å². The number of hydrogen-bond donors (Lipinski definition) is 1. The zero-order valence-electron chi connectivity index (χ0n) is 7.42. The molecule has 1 aromatic carbocycles. The standard InChI is InChI=1S/C9H12O2S/c1-6-4-9(12(10)11)5-7(2)8(6)3/h4-5H,1-3H3,(H,10,11). The summed E-state index contributed by atoms with van der Waals surface area (Å²) >= 11 is -1.86. The molecule has 0 aliphatic carbocycles. The Morgan fingerprint density at radius 3 is 1.92 bits per heavy atom. The molecule has 0 spiro atoms. The van der Waals surface area contributed by atoms with E-state index in [1.807, 2.05) is 20.8 Å². The normalized spacial score (nSPS) is 13.0. The Labute approximate surface area is 74.9 Å². The highest BCUT2D eigenvalue weighted by atomic mass is 32.2. The quantitative estimate of drug-likeness (QED) is 0.679. The third kappa shape index (κ3) is 1.73. The van der Waals surface area contributed by atoms with E-state index in [1.165, 1.54) is 5.56 Å². The second-order valence-corrected chi connectivity index (χ2v) is 3.90. The number of benzene rings is 1. The van der Waals surface area contributed by atoms with Crippen molar-refractivity contribution in [1.29, 1.82) is 0 Å². The molecule has 1 N–H and O–H groups in total. The van der Waals surface area contributed by atoms with E-state index >= 15 is 0 Å². The van der Waals surface area contributed by atoms with Crippen molar-refractivity contribution >= 4 is 11.1 Å². The predicted octanol–water partition coefficient (Wildman–Crippen LogP) is 2.19. The topological polar surface area (TPSA) is 37.3 Å². The summed E-state index contributed by atoms with van der Waals surface area (Å²) in [6.07, 6.45) is 0. The van der Waals surface area contributed by atoms with Gasteiger partial charge in [-0.25, -0.2) is 4.21 Å². The van der Waals surface area contributed by atoms with Gasteiger partial charge >= 0.3 is 0 Å². The Morgan fingerprint density at radius 1 is 1.17 bits per heavy atom. The maximum Gasteiger partial charge on any atom is 0.186 e. The van der Waals surface area contributed by atoms with Crippen molar-refractivity contribution in [2.24, 2.45) is 0 Å². The lowest BCUT2D eigenvalue weighted by Crippen LogP contribution is -1.93. The van der Waals surface area contributed by atoms with E-state index in [1.54, 1.807) is 12.1 Å². The van der Waals surface area contributed by atoms with Gasteiger partial charge in [-0.1, -0.05) is 0 Å². The summed E-state index contributed by atoms with van der Waals surface area (Å²) in [4.78, 5) is 0.482. The summed E-state index contributed by atoms with van der Waals surface area (Å²) < 4.78 is 19.6. The van der Waals surface area contributed by atoms with E-state index in [0.717, 1.165) is 11.1 Å². The smallest absolute Gasteiger partial charge is 0.186 e. The van der Waals surface area contributed by atoms with Gasteiger partial charge in [-0.2, -0.15) is 0 Å². The molecule has 0 radical (unpaired) electrons. The fourth-order valence-corrected chi connectivity index (χ4v) is 1.65. The SMILES string of the molecule is Cc1cc(S(=O)O)cc(C)c1C. The molecule has 1 unspecified atom stereocenters. The Kier molecular flexibility index (Phi) is 2.65. The van der Waals surface area contributed by atoms with Crippen LogP contribution in [0.4, 0.5) is 0 Å². The highest BCUT2D eigenvalue weighted by molar-refractivity contribution is 7.79. The van der Waals surface area contributed by atoms with Gasteiger partial charge in [0.1, 0.15) is 0 Å². The minimum absolute atomic E-state index is 0.482. The van der Waals surface area contributed by atoms with Crippen LogP contribution in [0, 0.1) is 20.8 Å². The molecule has 66 valence electrons. The summed E-state index contributed by atoms with van der Waals surface area (Å²) in [7, 11) is 0. The van der Waals surface area contributed by atoms with Crippen molar-refractivity contribution in [3.63, 3.8) is 0 Å². The van der Waals surface area contributed by atoms with Crippen LogP contribution in [0.25, 0.3) is 0 Å². The summed E-state index contributed by atoms with van der Waals surface area (Å²) in [5, 5.41) is 0. The monoisotopic (exact) mass is 184 g/mol. The van der Waals surface area contributed by atoms with E-state index in [4.69, 9.17) is 4.55 Å². The summed E-state index contributed by atoms with van der Waals surface area (Å²) in [5.74, 6) is 0. The lowest BCUT2D eigenvalue weighted by molar-refractivity contribution is 0.564. The van der Waals surface area contributed by atoms with Crippen LogP contribution in [-0.4, -0.2) is 8.76 Å². The van der Waals surface area contributed by atoms with Crippen LogP contribution >= 0.6 is 0 Å². The van der Waals surface area contributed by atoms with Crippen molar-refractivity contribution < 1.29 is 8.76 Å². The third-order valence-electron chi connectivity index (χ3n) is 2.10. The first-order valence-electron chi connectivity index (χ1n) is 3.71. The molecule has 0 fully saturated rings. The highest BCUT2D eigenvalue weighted by Crippen LogP contribution is 2.16. The average Bonchev–Trinajstić information content (AvgIpc) is 1.99. The molecule has 0 heterocycles. The highest BCUT2D eigenvalue weighted by Gasteiger charge is 2.04. The van der Waals surface area contributed by atoms with Gasteiger partial charge < -0.3 is 4.55 Å². The second kappa shape index (κ2) is 3.37. The summed E-state index contributed by atoms with van der Waals surface area (Å²) in [5.41, 5.74) is 3.31. The van der Waals surface area contributed by atoms with Crippen LogP contribution in [0.1, 0.15) is 16.7 Å². The van der Waals surface area contributed by atoms with Crippen molar-refractivity contribution in [3.8, 4) is 0 Å². The van der Waals surface area contributed by atoms with Gasteiger partial charge in [-0.05, 0) is 49.6 Å². The molecular weight excluding hydrogens is 172 g/mol. The zero-order chi connectivity index (χ0) is 9.30. The molecule has 2 nitrogen and oxygen atoms in total. The van der Waals surface area contributed by atoms with Crippen molar-refractivity contribution in [2.75, 3.05) is 0 Å². The molecule has 0 saturated heterocycles. The van der Waals surface area contributed by atoms with Crippen molar-refractivity contribution in [3.05, 3.63) is 28.8 Å². The van der Waals surface area contributed by atoms with Gasteiger partial charge in [-0.3, -0.25) is 0 Å². The van der Waals surface area contributed by atoms with Crippen LogP contribution in [0.5, 0.6) is 0 Å². The minimum atomic E-state index is -1.86. The van der Waals surface area contributed by atoms with Gasteiger partial charge in [0, 0.05) is 0 Å². The number of aryl methyl sites for hydroxylation is 2. The molecule has 0 aromatic heterocycles. The van der Waals surface area contributed by atoms with Crippen LogP contribution < -0.4 is 0 Å². The van der Waals surface area contributed by atoms with Crippen LogP contribution in [0.15, 0.2) is 17.0 Å². The lowest BCUT2D eigenvalue weighted by atomic mass is 10.1. The lowest BCUT2D eigenvalue weighted by Gasteiger charge is -2.05. The molecule has 1 aromatic rings. The molecule has 0 amide bonds. The van der Waals surface area contributed by atoms with Gasteiger partial charge in [0.15, 0.2) is 11.1 Å². The Bertz CT molecular complexity index is 308. The number of rotatable bonds is 1. The van der Waals surface area contributed by atoms with Crippen molar-refractivity contribution in [1.82, 2.24) is 0 Å². The Morgan fingerprint density at radius 2 is 1.58 bits per heavy atom. The van der Waals surface area contributed by atoms with E-state index in [9.17, 15) is 4.21 Å². The first-order valence-corrected chi connectivity index (χ1v) is 4.81. The molecule has 1 atom stereocenters. The molecule has 0 aliphatic rings. The molecule has 3 heteroatoms. The molecule has 0 bridgehead atoms. The van der Waals surface area contributed by atoms with E-state index in [2.05, 4.69) is 0 Å². The van der Waals surface area contributed by atoms with Crippen LogP contribution in [-0.2, 0) is 11.1 Å². The average molecular weight is 184 g/mol. The van der Waals surface area contributed by atoms with E-state index in [0.29, 0.717) is 4.90 Å². The molecule has 0 aliphatic heterocycles. The van der Waals surface area contributed by atoms with Crippen LogP contribution in [0.2, 0.25) is 0 Å². The first-order chi connectivity index (χ1) is 5.52. The molecule has 0 saturated carbocycles. The molecular formula is C9H12O2S. The Balaban J connectivity index is 3.31. The largest absolute Gasteiger partial charge is 0.302 e. The van der Waals surface area contributed by atoms with Gasteiger partial charge in [-0.15, -0.1) is 0 Å². The Hall–Kier alpha value is -0.670. The maximum atomic E-state index is 10.7. The zero-order valence-corrected chi connectivity index (χ0v) is 8.23. The van der Waals surface area contributed by atoms with E-state index < -0.39 is 11.1 Å². The predicted molar refractivity (Wildman–Crippen MR) is 49.7 cm³/mol. The van der Waals surface area contributed by atoms with Gasteiger partial charge in [0.2, 0.25) is 0 Å². The fraction of sp³-hybridized carbons (Fsp3) is 0.333. The molecule has 12 heavy (non-hydrogen) atoms. The fourth-order valence-electron chi connectivity index (χ4n) is 1.10. The summed E-state index contributed by atoms with van der Waals surface area (Å²) in [6, 6.07) is 3.50. The van der Waals surface area contributed by atoms with Crippen molar-refractivity contribution in [2.45, 2.75) is 25.7 Å².